The third-order valence-electron chi connectivity index (χ3n) is 5.40. The highest BCUT2D eigenvalue weighted by molar-refractivity contribution is 5.87. The van der Waals surface area contributed by atoms with E-state index in [9.17, 15) is 9.90 Å². The average Bonchev–Trinajstić information content (AvgIpc) is 2.93. The first-order chi connectivity index (χ1) is 13.2. The van der Waals surface area contributed by atoms with Crippen LogP contribution in [0.1, 0.15) is 53.7 Å². The van der Waals surface area contributed by atoms with E-state index in [-0.39, 0.29) is 6.04 Å². The molecule has 0 aromatic heterocycles. The minimum absolute atomic E-state index is 0.167. The second-order valence-corrected chi connectivity index (χ2v) is 7.33. The van der Waals surface area contributed by atoms with Gasteiger partial charge in [0.15, 0.2) is 0 Å². The van der Waals surface area contributed by atoms with Gasteiger partial charge in [-0.3, -0.25) is 4.90 Å². The van der Waals surface area contributed by atoms with E-state index >= 15 is 0 Å². The Morgan fingerprint density at radius 2 is 1.67 bits per heavy atom. The van der Waals surface area contributed by atoms with Crippen LogP contribution in [0.4, 0.5) is 0 Å². The zero-order valence-corrected chi connectivity index (χ0v) is 16.2. The molecule has 3 rings (SSSR count). The number of carbonyl (C=O) groups is 1. The van der Waals surface area contributed by atoms with Crippen molar-refractivity contribution in [2.45, 2.75) is 32.2 Å². The SMILES string of the molecule is CCCCN1CCCN(C(c2ccccc2)c2ccc(C(=O)O)cc2)CC1. The second-order valence-electron chi connectivity index (χ2n) is 7.33. The quantitative estimate of drug-likeness (QED) is 0.794. The van der Waals surface area contributed by atoms with Crippen molar-refractivity contribution in [3.63, 3.8) is 0 Å². The predicted molar refractivity (Wildman–Crippen MR) is 109 cm³/mol. The van der Waals surface area contributed by atoms with Crippen LogP contribution in [0.5, 0.6) is 0 Å². The summed E-state index contributed by atoms with van der Waals surface area (Å²) in [5.74, 6) is -0.876. The fraction of sp³-hybridized carbons (Fsp3) is 0.435. The van der Waals surface area contributed by atoms with E-state index in [1.165, 1.54) is 31.4 Å². The molecule has 4 heteroatoms. The fourth-order valence-electron chi connectivity index (χ4n) is 3.91. The molecule has 144 valence electrons. The van der Waals surface area contributed by atoms with Gasteiger partial charge in [0, 0.05) is 19.6 Å². The van der Waals surface area contributed by atoms with E-state index in [0.717, 1.165) is 31.7 Å². The fourth-order valence-corrected chi connectivity index (χ4v) is 3.91. The molecule has 0 saturated carbocycles. The summed E-state index contributed by atoms with van der Waals surface area (Å²) in [4.78, 5) is 16.3. The first kappa shape index (κ1) is 19.6. The van der Waals surface area contributed by atoms with E-state index in [2.05, 4.69) is 41.0 Å². The van der Waals surface area contributed by atoms with Gasteiger partial charge in [-0.1, -0.05) is 55.8 Å². The minimum Gasteiger partial charge on any atom is -0.478 e. The van der Waals surface area contributed by atoms with E-state index in [4.69, 9.17) is 0 Å². The summed E-state index contributed by atoms with van der Waals surface area (Å²) in [6.45, 7) is 7.78. The molecule has 0 aliphatic carbocycles. The number of carboxylic acid groups (broad SMARTS) is 1. The summed E-state index contributed by atoms with van der Waals surface area (Å²) in [6, 6.07) is 18.1. The number of rotatable bonds is 7. The molecule has 0 spiro atoms. The molecular formula is C23H30N2O2. The molecule has 0 radical (unpaired) electrons. The lowest BCUT2D eigenvalue weighted by Crippen LogP contribution is -2.34. The summed E-state index contributed by atoms with van der Waals surface area (Å²) < 4.78 is 0. The number of hydrogen-bond donors (Lipinski definition) is 1. The molecule has 1 fully saturated rings. The maximum absolute atomic E-state index is 11.2. The van der Waals surface area contributed by atoms with Crippen molar-refractivity contribution in [2.75, 3.05) is 32.7 Å². The molecule has 1 aliphatic rings. The van der Waals surface area contributed by atoms with Crippen molar-refractivity contribution in [3.8, 4) is 0 Å². The van der Waals surface area contributed by atoms with Gasteiger partial charge in [0.25, 0.3) is 0 Å². The third kappa shape index (κ3) is 5.18. The lowest BCUT2D eigenvalue weighted by molar-refractivity contribution is 0.0697. The highest BCUT2D eigenvalue weighted by Gasteiger charge is 2.25. The van der Waals surface area contributed by atoms with Crippen LogP contribution in [0.15, 0.2) is 54.6 Å². The molecule has 4 nitrogen and oxygen atoms in total. The van der Waals surface area contributed by atoms with Crippen molar-refractivity contribution in [1.29, 1.82) is 0 Å². The summed E-state index contributed by atoms with van der Waals surface area (Å²) in [7, 11) is 0. The third-order valence-corrected chi connectivity index (χ3v) is 5.40. The molecule has 1 aliphatic heterocycles. The molecule has 2 aromatic carbocycles. The van der Waals surface area contributed by atoms with Crippen molar-refractivity contribution in [3.05, 3.63) is 71.3 Å². The number of benzene rings is 2. The Bertz CT molecular complexity index is 715. The molecular weight excluding hydrogens is 336 g/mol. The summed E-state index contributed by atoms with van der Waals surface area (Å²) in [5, 5.41) is 9.20. The first-order valence-corrected chi connectivity index (χ1v) is 10.0. The molecule has 27 heavy (non-hydrogen) atoms. The minimum atomic E-state index is -0.876. The average molecular weight is 367 g/mol. The highest BCUT2D eigenvalue weighted by atomic mass is 16.4. The van der Waals surface area contributed by atoms with Gasteiger partial charge in [-0.05, 0) is 49.2 Å². The Morgan fingerprint density at radius 3 is 2.33 bits per heavy atom. The van der Waals surface area contributed by atoms with Gasteiger partial charge in [-0.25, -0.2) is 4.79 Å². The van der Waals surface area contributed by atoms with Gasteiger partial charge < -0.3 is 10.0 Å². The zero-order chi connectivity index (χ0) is 19.1. The maximum atomic E-state index is 11.2. The normalized spacial score (nSPS) is 17.4. The largest absolute Gasteiger partial charge is 0.478 e. The van der Waals surface area contributed by atoms with Crippen LogP contribution in [0.25, 0.3) is 0 Å². The zero-order valence-electron chi connectivity index (χ0n) is 16.2. The van der Waals surface area contributed by atoms with Gasteiger partial charge in [-0.15, -0.1) is 0 Å². The van der Waals surface area contributed by atoms with Crippen molar-refractivity contribution in [2.24, 2.45) is 0 Å². The van der Waals surface area contributed by atoms with Crippen LogP contribution in [0, 0.1) is 0 Å². The Labute approximate surface area is 162 Å². The van der Waals surface area contributed by atoms with Crippen LogP contribution in [0.2, 0.25) is 0 Å². The van der Waals surface area contributed by atoms with Gasteiger partial charge in [-0.2, -0.15) is 0 Å². The topological polar surface area (TPSA) is 43.8 Å². The number of aromatic carboxylic acids is 1. The number of nitrogens with zero attached hydrogens (tertiary/aromatic N) is 2. The van der Waals surface area contributed by atoms with Gasteiger partial charge in [0.1, 0.15) is 0 Å². The van der Waals surface area contributed by atoms with E-state index in [1.807, 2.05) is 18.2 Å². The number of unbranched alkanes of at least 4 members (excludes halogenated alkanes) is 1. The van der Waals surface area contributed by atoms with Crippen LogP contribution in [0.3, 0.4) is 0 Å². The smallest absolute Gasteiger partial charge is 0.335 e. The van der Waals surface area contributed by atoms with Crippen LogP contribution >= 0.6 is 0 Å². The van der Waals surface area contributed by atoms with Crippen molar-refractivity contribution in [1.82, 2.24) is 9.80 Å². The Hall–Kier alpha value is -2.17. The maximum Gasteiger partial charge on any atom is 0.335 e. The Balaban J connectivity index is 1.83. The number of hydrogen-bond acceptors (Lipinski definition) is 3. The van der Waals surface area contributed by atoms with Crippen LogP contribution in [-0.2, 0) is 0 Å². The molecule has 1 heterocycles. The summed E-state index contributed by atoms with van der Waals surface area (Å²) in [5.41, 5.74) is 2.77. The molecule has 1 atom stereocenters. The lowest BCUT2D eigenvalue weighted by Gasteiger charge is -2.31. The summed E-state index contributed by atoms with van der Waals surface area (Å²) in [6.07, 6.45) is 3.67. The second kappa shape index (κ2) is 9.67. The number of carboxylic acids is 1. The van der Waals surface area contributed by atoms with E-state index < -0.39 is 5.97 Å². The molecule has 2 aromatic rings. The van der Waals surface area contributed by atoms with Gasteiger partial charge >= 0.3 is 5.97 Å². The van der Waals surface area contributed by atoms with Crippen molar-refractivity contribution < 1.29 is 9.90 Å². The van der Waals surface area contributed by atoms with E-state index in [0.29, 0.717) is 5.56 Å². The van der Waals surface area contributed by atoms with Gasteiger partial charge in [0.05, 0.1) is 11.6 Å². The van der Waals surface area contributed by atoms with Crippen LogP contribution in [-0.4, -0.2) is 53.6 Å². The molecule has 0 amide bonds. The lowest BCUT2D eigenvalue weighted by atomic mass is 9.96. The van der Waals surface area contributed by atoms with Crippen LogP contribution < -0.4 is 0 Å². The van der Waals surface area contributed by atoms with Gasteiger partial charge in [0.2, 0.25) is 0 Å². The first-order valence-electron chi connectivity index (χ1n) is 10.0. The molecule has 1 N–H and O–H groups in total. The monoisotopic (exact) mass is 366 g/mol. The standard InChI is InChI=1S/C23H30N2O2/c1-2-3-14-24-15-7-16-25(18-17-24)22(19-8-5-4-6-9-19)20-10-12-21(13-11-20)23(26)27/h4-6,8-13,22H,2-3,7,14-18H2,1H3,(H,26,27). The Kier molecular flexibility index (Phi) is 7.02. The Morgan fingerprint density at radius 1 is 0.963 bits per heavy atom. The highest BCUT2D eigenvalue weighted by Crippen LogP contribution is 2.30. The molecule has 0 bridgehead atoms. The predicted octanol–water partition coefficient (Wildman–Crippen LogP) is 4.28. The molecule has 1 saturated heterocycles. The summed E-state index contributed by atoms with van der Waals surface area (Å²) >= 11 is 0. The molecule has 1 unspecified atom stereocenters. The van der Waals surface area contributed by atoms with E-state index in [1.54, 1.807) is 12.1 Å². The van der Waals surface area contributed by atoms with Crippen molar-refractivity contribution >= 4 is 5.97 Å².